The third-order valence-corrected chi connectivity index (χ3v) is 4.09. The SMILES string of the molecule is N=Nc1ccc2ccccc2c1-c1cccc2ccccc12. The molecular formula is C20H14N2. The first-order chi connectivity index (χ1) is 10.9. The van der Waals surface area contributed by atoms with E-state index in [9.17, 15) is 0 Å². The quantitative estimate of drug-likeness (QED) is 0.417. The first-order valence-corrected chi connectivity index (χ1v) is 7.26. The van der Waals surface area contributed by atoms with Gasteiger partial charge in [0.1, 0.15) is 0 Å². The highest BCUT2D eigenvalue weighted by atomic mass is 15.0. The summed E-state index contributed by atoms with van der Waals surface area (Å²) in [5.41, 5.74) is 10.4. The molecule has 2 heteroatoms. The molecule has 2 nitrogen and oxygen atoms in total. The summed E-state index contributed by atoms with van der Waals surface area (Å²) in [6, 6.07) is 26.8. The highest BCUT2D eigenvalue weighted by molar-refractivity contribution is 6.09. The summed E-state index contributed by atoms with van der Waals surface area (Å²) in [5, 5.41) is 8.43. The fourth-order valence-electron chi connectivity index (χ4n) is 3.08. The summed E-state index contributed by atoms with van der Waals surface area (Å²) in [7, 11) is 0. The molecule has 22 heavy (non-hydrogen) atoms. The van der Waals surface area contributed by atoms with Crippen LogP contribution in [0.2, 0.25) is 0 Å². The van der Waals surface area contributed by atoms with Crippen LogP contribution in [-0.2, 0) is 0 Å². The average molecular weight is 282 g/mol. The molecule has 0 heterocycles. The van der Waals surface area contributed by atoms with E-state index < -0.39 is 0 Å². The fraction of sp³-hybridized carbons (Fsp3) is 0. The molecule has 0 aliphatic heterocycles. The normalized spacial score (nSPS) is 10.9. The summed E-state index contributed by atoms with van der Waals surface area (Å²) in [6.07, 6.45) is 0. The minimum Gasteiger partial charge on any atom is -0.204 e. The van der Waals surface area contributed by atoms with E-state index in [1.54, 1.807) is 0 Å². The maximum Gasteiger partial charge on any atom is 0.0934 e. The van der Waals surface area contributed by atoms with Gasteiger partial charge in [0.15, 0.2) is 0 Å². The van der Waals surface area contributed by atoms with Gasteiger partial charge in [-0.05, 0) is 33.2 Å². The van der Waals surface area contributed by atoms with Gasteiger partial charge < -0.3 is 0 Å². The maximum absolute atomic E-state index is 7.54. The summed E-state index contributed by atoms with van der Waals surface area (Å²) in [5.74, 6) is 0. The molecule has 4 rings (SSSR count). The van der Waals surface area contributed by atoms with Crippen LogP contribution < -0.4 is 0 Å². The third-order valence-electron chi connectivity index (χ3n) is 4.09. The largest absolute Gasteiger partial charge is 0.204 e. The van der Waals surface area contributed by atoms with Gasteiger partial charge in [0, 0.05) is 5.56 Å². The van der Waals surface area contributed by atoms with Crippen molar-refractivity contribution in [2.24, 2.45) is 5.11 Å². The molecule has 0 aliphatic carbocycles. The van der Waals surface area contributed by atoms with Crippen LogP contribution in [0.15, 0.2) is 84.0 Å². The lowest BCUT2D eigenvalue weighted by atomic mass is 9.93. The zero-order chi connectivity index (χ0) is 14.9. The second-order valence-corrected chi connectivity index (χ2v) is 5.32. The van der Waals surface area contributed by atoms with E-state index in [4.69, 9.17) is 5.53 Å². The lowest BCUT2D eigenvalue weighted by molar-refractivity contribution is 1.15. The molecule has 1 N–H and O–H groups in total. The van der Waals surface area contributed by atoms with Crippen LogP contribution in [0.4, 0.5) is 5.69 Å². The van der Waals surface area contributed by atoms with Crippen LogP contribution in [0.25, 0.3) is 32.7 Å². The molecule has 0 amide bonds. The molecule has 0 spiro atoms. The topological polar surface area (TPSA) is 36.2 Å². The molecule has 0 aliphatic rings. The lowest BCUT2D eigenvalue weighted by Crippen LogP contribution is -1.85. The predicted molar refractivity (Wildman–Crippen MR) is 91.7 cm³/mol. The van der Waals surface area contributed by atoms with E-state index in [1.165, 1.54) is 10.8 Å². The second-order valence-electron chi connectivity index (χ2n) is 5.32. The summed E-state index contributed by atoms with van der Waals surface area (Å²) >= 11 is 0. The number of hydrogen-bond donors (Lipinski definition) is 1. The first-order valence-electron chi connectivity index (χ1n) is 7.26. The van der Waals surface area contributed by atoms with E-state index in [-0.39, 0.29) is 0 Å². The van der Waals surface area contributed by atoms with E-state index in [0.717, 1.165) is 21.9 Å². The molecule has 0 atom stereocenters. The minimum atomic E-state index is 0.704. The Balaban J connectivity index is 2.18. The molecule has 0 fully saturated rings. The standard InChI is InChI=1S/C20H14N2/c21-22-19-13-12-15-7-2-4-10-17(15)20(19)18-11-5-8-14-6-1-3-9-16(14)18/h1-13,21H. The molecular weight excluding hydrogens is 268 g/mol. The molecule has 4 aromatic rings. The van der Waals surface area contributed by atoms with Crippen molar-refractivity contribution in [3.05, 3.63) is 78.9 Å². The van der Waals surface area contributed by atoms with Crippen molar-refractivity contribution < 1.29 is 0 Å². The molecule has 0 radical (unpaired) electrons. The maximum atomic E-state index is 7.54. The Labute approximate surface area is 128 Å². The molecule has 0 saturated carbocycles. The van der Waals surface area contributed by atoms with Gasteiger partial charge in [-0.1, -0.05) is 72.8 Å². The van der Waals surface area contributed by atoms with Crippen LogP contribution in [0, 0.1) is 5.53 Å². The number of nitrogens with zero attached hydrogens (tertiary/aromatic N) is 1. The van der Waals surface area contributed by atoms with Crippen LogP contribution in [0.5, 0.6) is 0 Å². The Morgan fingerprint density at radius 2 is 1.23 bits per heavy atom. The van der Waals surface area contributed by atoms with Crippen molar-refractivity contribution in [1.82, 2.24) is 0 Å². The number of benzene rings is 4. The number of rotatable bonds is 2. The van der Waals surface area contributed by atoms with Gasteiger partial charge in [0.05, 0.1) is 5.69 Å². The highest BCUT2D eigenvalue weighted by Gasteiger charge is 2.12. The zero-order valence-electron chi connectivity index (χ0n) is 12.0. The number of nitrogens with one attached hydrogen (secondary N) is 1. The lowest BCUT2D eigenvalue weighted by Gasteiger charge is -2.12. The van der Waals surface area contributed by atoms with Crippen molar-refractivity contribution in [3.8, 4) is 11.1 Å². The van der Waals surface area contributed by atoms with Crippen LogP contribution in [0.1, 0.15) is 0 Å². The molecule has 4 aromatic carbocycles. The smallest absolute Gasteiger partial charge is 0.0934 e. The fourth-order valence-corrected chi connectivity index (χ4v) is 3.08. The predicted octanol–water partition coefficient (Wildman–Crippen LogP) is 6.32. The van der Waals surface area contributed by atoms with Gasteiger partial charge in [0.25, 0.3) is 0 Å². The van der Waals surface area contributed by atoms with Crippen LogP contribution in [-0.4, -0.2) is 0 Å². The van der Waals surface area contributed by atoms with Crippen molar-refractivity contribution in [3.63, 3.8) is 0 Å². The molecule has 0 unspecified atom stereocenters. The molecule has 0 saturated heterocycles. The van der Waals surface area contributed by atoms with E-state index in [2.05, 4.69) is 53.6 Å². The van der Waals surface area contributed by atoms with E-state index in [0.29, 0.717) is 5.69 Å². The highest BCUT2D eigenvalue weighted by Crippen LogP contribution is 2.40. The Bertz CT molecular complexity index is 997. The summed E-state index contributed by atoms with van der Waals surface area (Å²) in [6.45, 7) is 0. The third kappa shape index (κ3) is 1.89. The number of fused-ring (bicyclic) bond motifs is 2. The Morgan fingerprint density at radius 1 is 0.591 bits per heavy atom. The van der Waals surface area contributed by atoms with Gasteiger partial charge in [-0.15, -0.1) is 0 Å². The van der Waals surface area contributed by atoms with Crippen molar-refractivity contribution in [2.75, 3.05) is 0 Å². The molecule has 0 bridgehead atoms. The van der Waals surface area contributed by atoms with Gasteiger partial charge in [0.2, 0.25) is 0 Å². The first kappa shape index (κ1) is 12.7. The summed E-state index contributed by atoms with van der Waals surface area (Å²) in [4.78, 5) is 0. The molecule has 104 valence electrons. The van der Waals surface area contributed by atoms with Crippen molar-refractivity contribution in [2.45, 2.75) is 0 Å². The van der Waals surface area contributed by atoms with Gasteiger partial charge >= 0.3 is 0 Å². The molecule has 0 aromatic heterocycles. The number of hydrogen-bond acceptors (Lipinski definition) is 2. The van der Waals surface area contributed by atoms with Gasteiger partial charge in [-0.3, -0.25) is 0 Å². The van der Waals surface area contributed by atoms with Crippen LogP contribution in [0.3, 0.4) is 0 Å². The second kappa shape index (κ2) is 5.08. The Morgan fingerprint density at radius 3 is 2.00 bits per heavy atom. The summed E-state index contributed by atoms with van der Waals surface area (Å²) < 4.78 is 0. The van der Waals surface area contributed by atoms with Crippen molar-refractivity contribution >= 4 is 27.2 Å². The van der Waals surface area contributed by atoms with E-state index in [1.807, 2.05) is 30.3 Å². The Hall–Kier alpha value is -3.00. The van der Waals surface area contributed by atoms with Gasteiger partial charge in [-0.2, -0.15) is 5.11 Å². The van der Waals surface area contributed by atoms with Crippen molar-refractivity contribution in [1.29, 1.82) is 5.53 Å². The Kier molecular flexibility index (Phi) is 2.94. The zero-order valence-corrected chi connectivity index (χ0v) is 12.0. The van der Waals surface area contributed by atoms with E-state index >= 15 is 0 Å². The average Bonchev–Trinajstić information content (AvgIpc) is 2.60. The monoisotopic (exact) mass is 282 g/mol. The van der Waals surface area contributed by atoms with Crippen LogP contribution >= 0.6 is 0 Å². The minimum absolute atomic E-state index is 0.704. The van der Waals surface area contributed by atoms with Gasteiger partial charge in [-0.25, -0.2) is 5.53 Å².